The summed E-state index contributed by atoms with van der Waals surface area (Å²) in [7, 11) is 0. The molecule has 1 aliphatic heterocycles. The number of carbonyl (C=O) groups is 1. The van der Waals surface area contributed by atoms with Crippen molar-refractivity contribution in [2.75, 3.05) is 13.1 Å². The zero-order valence-electron chi connectivity index (χ0n) is 11.1. The standard InChI is InChI=1S/C15H22N2O/c1-12-5-4-6-13(11-12)8-10-17-9-3-2-7-14(17)15(16)18/h4-6,11,14H,2-3,7-10H2,1H3,(H2,16,18). The zero-order valence-corrected chi connectivity index (χ0v) is 11.1. The first-order valence-corrected chi connectivity index (χ1v) is 6.76. The van der Waals surface area contributed by atoms with Gasteiger partial charge in [0.1, 0.15) is 0 Å². The summed E-state index contributed by atoms with van der Waals surface area (Å²) >= 11 is 0. The Morgan fingerprint density at radius 3 is 3.00 bits per heavy atom. The van der Waals surface area contributed by atoms with Crippen LogP contribution < -0.4 is 5.73 Å². The second kappa shape index (κ2) is 6.01. The lowest BCUT2D eigenvalue weighted by Gasteiger charge is -2.33. The largest absolute Gasteiger partial charge is 0.368 e. The summed E-state index contributed by atoms with van der Waals surface area (Å²) in [5.74, 6) is -0.168. The van der Waals surface area contributed by atoms with Gasteiger partial charge in [0, 0.05) is 6.54 Å². The van der Waals surface area contributed by atoms with Crippen LogP contribution in [0.3, 0.4) is 0 Å². The molecule has 1 aromatic rings. The van der Waals surface area contributed by atoms with Crippen LogP contribution in [-0.2, 0) is 11.2 Å². The third-order valence-corrected chi connectivity index (χ3v) is 3.71. The first-order valence-electron chi connectivity index (χ1n) is 6.76. The average molecular weight is 246 g/mol. The van der Waals surface area contributed by atoms with E-state index >= 15 is 0 Å². The molecule has 18 heavy (non-hydrogen) atoms. The fourth-order valence-electron chi connectivity index (χ4n) is 2.72. The van der Waals surface area contributed by atoms with Crippen LogP contribution in [-0.4, -0.2) is 29.9 Å². The van der Waals surface area contributed by atoms with Crippen LogP contribution in [0.15, 0.2) is 24.3 Å². The summed E-state index contributed by atoms with van der Waals surface area (Å²) in [6.45, 7) is 4.03. The molecule has 0 spiro atoms. The third-order valence-electron chi connectivity index (χ3n) is 3.71. The summed E-state index contributed by atoms with van der Waals surface area (Å²) in [5, 5.41) is 0. The van der Waals surface area contributed by atoms with Crippen molar-refractivity contribution < 1.29 is 4.79 Å². The minimum Gasteiger partial charge on any atom is -0.368 e. The van der Waals surface area contributed by atoms with Crippen LogP contribution in [0.25, 0.3) is 0 Å². The molecule has 1 aromatic carbocycles. The van der Waals surface area contributed by atoms with Crippen molar-refractivity contribution in [1.82, 2.24) is 4.90 Å². The molecule has 1 atom stereocenters. The number of hydrogen-bond donors (Lipinski definition) is 1. The van der Waals surface area contributed by atoms with Gasteiger partial charge in [0.2, 0.25) is 5.91 Å². The van der Waals surface area contributed by atoms with Crippen molar-refractivity contribution >= 4 is 5.91 Å². The number of carbonyl (C=O) groups excluding carboxylic acids is 1. The van der Waals surface area contributed by atoms with Gasteiger partial charge in [-0.1, -0.05) is 36.2 Å². The van der Waals surface area contributed by atoms with Crippen molar-refractivity contribution in [1.29, 1.82) is 0 Å². The van der Waals surface area contributed by atoms with E-state index in [1.807, 2.05) is 0 Å². The SMILES string of the molecule is Cc1cccc(CCN2CCCCC2C(N)=O)c1. The molecule has 1 unspecified atom stereocenters. The summed E-state index contributed by atoms with van der Waals surface area (Å²) in [6.07, 6.45) is 4.21. The minimum atomic E-state index is -0.168. The number of hydrogen-bond acceptors (Lipinski definition) is 2. The number of aryl methyl sites for hydroxylation is 1. The molecule has 0 aromatic heterocycles. The van der Waals surface area contributed by atoms with E-state index in [-0.39, 0.29) is 11.9 Å². The molecule has 2 rings (SSSR count). The van der Waals surface area contributed by atoms with Crippen LogP contribution in [0, 0.1) is 6.92 Å². The van der Waals surface area contributed by atoms with E-state index < -0.39 is 0 Å². The number of nitrogens with two attached hydrogens (primary N) is 1. The molecule has 1 saturated heterocycles. The van der Waals surface area contributed by atoms with Crippen molar-refractivity contribution in [2.24, 2.45) is 5.73 Å². The lowest BCUT2D eigenvalue weighted by atomic mass is 10.0. The Hall–Kier alpha value is -1.35. The summed E-state index contributed by atoms with van der Waals surface area (Å²) in [6, 6.07) is 8.51. The maximum absolute atomic E-state index is 11.4. The van der Waals surface area contributed by atoms with E-state index in [4.69, 9.17) is 5.73 Å². The number of rotatable bonds is 4. The predicted octanol–water partition coefficient (Wildman–Crippen LogP) is 1.88. The molecule has 1 aliphatic rings. The highest BCUT2D eigenvalue weighted by molar-refractivity contribution is 5.79. The molecule has 3 nitrogen and oxygen atoms in total. The Kier molecular flexibility index (Phi) is 4.37. The van der Waals surface area contributed by atoms with Crippen LogP contribution in [0.1, 0.15) is 30.4 Å². The lowest BCUT2D eigenvalue weighted by molar-refractivity contribution is -0.124. The fourth-order valence-corrected chi connectivity index (χ4v) is 2.72. The van der Waals surface area contributed by atoms with E-state index in [0.29, 0.717) is 0 Å². The van der Waals surface area contributed by atoms with Gasteiger partial charge in [-0.25, -0.2) is 0 Å². The van der Waals surface area contributed by atoms with Gasteiger partial charge in [-0.05, 0) is 38.3 Å². The van der Waals surface area contributed by atoms with Gasteiger partial charge in [-0.15, -0.1) is 0 Å². The number of nitrogens with zero attached hydrogens (tertiary/aromatic N) is 1. The van der Waals surface area contributed by atoms with Gasteiger partial charge in [-0.2, -0.15) is 0 Å². The Morgan fingerprint density at radius 2 is 2.28 bits per heavy atom. The smallest absolute Gasteiger partial charge is 0.234 e. The first-order chi connectivity index (χ1) is 8.66. The molecule has 0 bridgehead atoms. The molecule has 98 valence electrons. The average Bonchev–Trinajstić information content (AvgIpc) is 2.37. The zero-order chi connectivity index (χ0) is 13.0. The first kappa shape index (κ1) is 13.1. The quantitative estimate of drug-likeness (QED) is 0.881. The van der Waals surface area contributed by atoms with E-state index in [9.17, 15) is 4.79 Å². The second-order valence-corrected chi connectivity index (χ2v) is 5.19. The molecule has 0 radical (unpaired) electrons. The predicted molar refractivity (Wildman–Crippen MR) is 73.3 cm³/mol. The Bertz CT molecular complexity index is 417. The van der Waals surface area contributed by atoms with Gasteiger partial charge in [0.15, 0.2) is 0 Å². The highest BCUT2D eigenvalue weighted by Crippen LogP contribution is 2.17. The van der Waals surface area contributed by atoms with Crippen molar-refractivity contribution in [2.45, 2.75) is 38.6 Å². The number of amides is 1. The molecule has 3 heteroatoms. The Balaban J connectivity index is 1.93. The van der Waals surface area contributed by atoms with Gasteiger partial charge >= 0.3 is 0 Å². The third kappa shape index (κ3) is 3.33. The number of piperidine rings is 1. The molecule has 0 aliphatic carbocycles. The summed E-state index contributed by atoms with van der Waals surface area (Å²) in [5.41, 5.74) is 8.10. The number of primary amides is 1. The highest BCUT2D eigenvalue weighted by atomic mass is 16.1. The van der Waals surface area contributed by atoms with E-state index in [1.54, 1.807) is 0 Å². The maximum Gasteiger partial charge on any atom is 0.234 e. The topological polar surface area (TPSA) is 46.3 Å². The second-order valence-electron chi connectivity index (χ2n) is 5.19. The van der Waals surface area contributed by atoms with Crippen molar-refractivity contribution in [3.8, 4) is 0 Å². The number of likely N-dealkylation sites (tertiary alicyclic amines) is 1. The van der Waals surface area contributed by atoms with E-state index in [1.165, 1.54) is 17.5 Å². The van der Waals surface area contributed by atoms with E-state index in [0.717, 1.165) is 32.4 Å². The van der Waals surface area contributed by atoms with Gasteiger partial charge in [0.05, 0.1) is 6.04 Å². The summed E-state index contributed by atoms with van der Waals surface area (Å²) < 4.78 is 0. The van der Waals surface area contributed by atoms with Gasteiger partial charge in [-0.3, -0.25) is 9.69 Å². The number of benzene rings is 1. The normalized spacial score (nSPS) is 20.8. The molecular weight excluding hydrogens is 224 g/mol. The molecule has 1 heterocycles. The van der Waals surface area contributed by atoms with E-state index in [2.05, 4.69) is 36.1 Å². The monoisotopic (exact) mass is 246 g/mol. The molecule has 2 N–H and O–H groups in total. The molecular formula is C15H22N2O. The fraction of sp³-hybridized carbons (Fsp3) is 0.533. The minimum absolute atomic E-state index is 0.0523. The Labute approximate surface area is 109 Å². The van der Waals surface area contributed by atoms with Crippen LogP contribution >= 0.6 is 0 Å². The summed E-state index contributed by atoms with van der Waals surface area (Å²) in [4.78, 5) is 13.7. The van der Waals surface area contributed by atoms with Gasteiger partial charge < -0.3 is 5.73 Å². The maximum atomic E-state index is 11.4. The molecule has 1 amide bonds. The molecule has 1 fully saturated rings. The highest BCUT2D eigenvalue weighted by Gasteiger charge is 2.26. The molecule has 0 saturated carbocycles. The Morgan fingerprint density at radius 1 is 1.44 bits per heavy atom. The van der Waals surface area contributed by atoms with Crippen LogP contribution in [0.5, 0.6) is 0 Å². The van der Waals surface area contributed by atoms with Crippen LogP contribution in [0.2, 0.25) is 0 Å². The van der Waals surface area contributed by atoms with Gasteiger partial charge in [0.25, 0.3) is 0 Å². The van der Waals surface area contributed by atoms with Crippen molar-refractivity contribution in [3.63, 3.8) is 0 Å². The van der Waals surface area contributed by atoms with Crippen molar-refractivity contribution in [3.05, 3.63) is 35.4 Å². The van der Waals surface area contributed by atoms with Crippen LogP contribution in [0.4, 0.5) is 0 Å². The lowest BCUT2D eigenvalue weighted by Crippen LogP contribution is -2.48.